The van der Waals surface area contributed by atoms with E-state index in [1.165, 1.54) is 4.90 Å². The number of aliphatic hydroxyl groups is 3. The van der Waals surface area contributed by atoms with Crippen LogP contribution in [0.4, 0.5) is 11.4 Å². The number of ketones is 2. The van der Waals surface area contributed by atoms with Crippen LogP contribution in [-0.2, 0) is 20.8 Å². The highest BCUT2D eigenvalue weighted by Gasteiger charge is 2.64. The van der Waals surface area contributed by atoms with Crippen molar-refractivity contribution >= 4 is 34.6 Å². The van der Waals surface area contributed by atoms with Crippen LogP contribution >= 0.6 is 0 Å². The predicted octanol–water partition coefficient (Wildman–Crippen LogP) is 1.02. The molecule has 0 radical (unpaired) electrons. The van der Waals surface area contributed by atoms with E-state index in [0.29, 0.717) is 11.3 Å². The monoisotopic (exact) mass is 540 g/mol. The number of phenolic OH excluding ortho intramolecular Hbond substituents is 1. The molecule has 4 atom stereocenters. The lowest BCUT2D eigenvalue weighted by molar-refractivity contribution is -0.153. The van der Waals surface area contributed by atoms with Crippen LogP contribution in [0.1, 0.15) is 36.8 Å². The third-order valence-electron chi connectivity index (χ3n) is 8.86. The summed E-state index contributed by atoms with van der Waals surface area (Å²) in [6.07, 6.45) is 3.35. The molecule has 1 aliphatic heterocycles. The summed E-state index contributed by atoms with van der Waals surface area (Å²) >= 11 is 0. The Morgan fingerprint density at radius 1 is 1.08 bits per heavy atom. The maximum atomic E-state index is 14.1. The SMILES string of the molecule is CN(C)c1cc(N2CCCCC2)c(O)c2c1C[C@@H]1C[C@@H]3[C@@H](N(C)C)C(=O)C(C(N)=O)=C(O)[C@]3(O)C(=O)C1=C2O. The Kier molecular flexibility index (Phi) is 6.42. The summed E-state index contributed by atoms with van der Waals surface area (Å²) in [5, 5.41) is 45.9. The third kappa shape index (κ3) is 3.74. The van der Waals surface area contributed by atoms with Gasteiger partial charge < -0.3 is 36.0 Å². The molecule has 1 amide bonds. The van der Waals surface area contributed by atoms with E-state index in [2.05, 4.69) is 4.90 Å². The average Bonchev–Trinajstić information content (AvgIpc) is 2.86. The zero-order chi connectivity index (χ0) is 28.5. The van der Waals surface area contributed by atoms with Crippen LogP contribution in [0, 0.1) is 11.8 Å². The fourth-order valence-corrected chi connectivity index (χ4v) is 7.05. The van der Waals surface area contributed by atoms with Gasteiger partial charge in [0.05, 0.1) is 17.3 Å². The first-order valence-electron chi connectivity index (χ1n) is 13.3. The summed E-state index contributed by atoms with van der Waals surface area (Å²) < 4.78 is 0. The average molecular weight is 541 g/mol. The van der Waals surface area contributed by atoms with Crippen molar-refractivity contribution in [3.05, 3.63) is 34.1 Å². The molecule has 0 aromatic heterocycles. The molecule has 5 rings (SSSR count). The minimum Gasteiger partial charge on any atom is -0.508 e. The molecular weight excluding hydrogens is 504 g/mol. The van der Waals surface area contributed by atoms with Gasteiger partial charge in [0.2, 0.25) is 5.78 Å². The van der Waals surface area contributed by atoms with E-state index in [0.717, 1.165) is 38.0 Å². The molecule has 6 N–H and O–H groups in total. The smallest absolute Gasteiger partial charge is 0.255 e. The van der Waals surface area contributed by atoms with Crippen LogP contribution < -0.4 is 15.5 Å². The van der Waals surface area contributed by atoms with Gasteiger partial charge in [0.1, 0.15) is 22.8 Å². The van der Waals surface area contributed by atoms with Crippen molar-refractivity contribution in [1.82, 2.24) is 4.90 Å². The van der Waals surface area contributed by atoms with E-state index in [-0.39, 0.29) is 29.7 Å². The number of nitrogens with two attached hydrogens (primary N) is 1. The summed E-state index contributed by atoms with van der Waals surface area (Å²) in [5.74, 6) is -6.42. The Labute approximate surface area is 226 Å². The van der Waals surface area contributed by atoms with Gasteiger partial charge in [-0.1, -0.05) is 0 Å². The number of nitrogens with zero attached hydrogens (tertiary/aromatic N) is 3. The fraction of sp³-hybridized carbons (Fsp3) is 0.536. The molecule has 1 saturated heterocycles. The molecular formula is C28H36N4O7. The van der Waals surface area contributed by atoms with Crippen molar-refractivity contribution in [3.63, 3.8) is 0 Å². The normalized spacial score (nSPS) is 28.9. The van der Waals surface area contributed by atoms with Gasteiger partial charge in [-0.15, -0.1) is 0 Å². The topological polar surface area (TPSA) is 168 Å². The van der Waals surface area contributed by atoms with Gasteiger partial charge >= 0.3 is 0 Å². The van der Waals surface area contributed by atoms with E-state index >= 15 is 0 Å². The standard InChI is InChI=1S/C28H36N4O7/c1-30(2)16-12-17(32-8-6-5-7-9-32)22(33)19-14(16)10-13-11-15-21(31(3)4)24(35)20(27(29)38)26(37)28(15,39)25(36)18(13)23(19)34/h12-13,15,21,33-34,37,39H,5-11H2,1-4H3,(H2,29,38)/t13-,15-,21-,28-/m1/s1. The van der Waals surface area contributed by atoms with Gasteiger partial charge in [0, 0.05) is 44.4 Å². The second kappa shape index (κ2) is 9.27. The summed E-state index contributed by atoms with van der Waals surface area (Å²) in [4.78, 5) is 44.9. The minimum absolute atomic E-state index is 0.0628. The Bertz CT molecular complexity index is 1340. The van der Waals surface area contributed by atoms with Crippen molar-refractivity contribution in [2.45, 2.75) is 43.7 Å². The zero-order valence-electron chi connectivity index (χ0n) is 22.7. The number of amides is 1. The maximum Gasteiger partial charge on any atom is 0.255 e. The zero-order valence-corrected chi connectivity index (χ0v) is 22.7. The number of likely N-dealkylation sites (N-methyl/N-ethyl adjacent to an activating group) is 1. The summed E-state index contributed by atoms with van der Waals surface area (Å²) in [6, 6.07) is 0.796. The van der Waals surface area contributed by atoms with Gasteiger partial charge in [-0.25, -0.2) is 0 Å². The molecule has 1 saturated carbocycles. The van der Waals surface area contributed by atoms with Crippen LogP contribution in [0.5, 0.6) is 5.75 Å². The number of carbonyl (C=O) groups is 3. The van der Waals surface area contributed by atoms with E-state index in [4.69, 9.17) is 5.73 Å². The van der Waals surface area contributed by atoms with Crippen molar-refractivity contribution in [2.75, 3.05) is 51.1 Å². The quantitative estimate of drug-likeness (QED) is 0.348. The van der Waals surface area contributed by atoms with Crippen molar-refractivity contribution in [2.24, 2.45) is 17.6 Å². The number of carbonyl (C=O) groups excluding carboxylic acids is 3. The second-order valence-electron chi connectivity index (χ2n) is 11.5. The Morgan fingerprint density at radius 3 is 2.28 bits per heavy atom. The van der Waals surface area contributed by atoms with E-state index in [9.17, 15) is 34.8 Å². The van der Waals surface area contributed by atoms with Crippen molar-refractivity contribution in [1.29, 1.82) is 0 Å². The van der Waals surface area contributed by atoms with E-state index in [1.54, 1.807) is 14.1 Å². The van der Waals surface area contributed by atoms with Gasteiger partial charge in [-0.3, -0.25) is 19.3 Å². The molecule has 3 aliphatic carbocycles. The number of aromatic hydroxyl groups is 1. The molecule has 210 valence electrons. The second-order valence-corrected chi connectivity index (χ2v) is 11.5. The van der Waals surface area contributed by atoms with E-state index < -0.39 is 58.0 Å². The predicted molar refractivity (Wildman–Crippen MR) is 145 cm³/mol. The lowest BCUT2D eigenvalue weighted by atomic mass is 9.57. The van der Waals surface area contributed by atoms with Gasteiger partial charge in [0.15, 0.2) is 11.4 Å². The molecule has 39 heavy (non-hydrogen) atoms. The van der Waals surface area contributed by atoms with Gasteiger partial charge in [-0.05, 0) is 63.7 Å². The first kappa shape index (κ1) is 27.0. The minimum atomic E-state index is -2.64. The molecule has 1 aromatic rings. The number of benzene rings is 1. The lowest BCUT2D eigenvalue weighted by Crippen LogP contribution is -2.65. The van der Waals surface area contributed by atoms with Crippen molar-refractivity contribution < 1.29 is 34.8 Å². The molecule has 11 nitrogen and oxygen atoms in total. The number of rotatable bonds is 4. The molecule has 11 heteroatoms. The third-order valence-corrected chi connectivity index (χ3v) is 8.86. The van der Waals surface area contributed by atoms with Crippen molar-refractivity contribution in [3.8, 4) is 5.75 Å². The molecule has 1 aromatic carbocycles. The highest BCUT2D eigenvalue weighted by molar-refractivity contribution is 6.24. The highest BCUT2D eigenvalue weighted by atomic mass is 16.3. The number of hydrogen-bond acceptors (Lipinski definition) is 10. The molecule has 0 bridgehead atoms. The van der Waals surface area contributed by atoms with Crippen LogP contribution in [0.3, 0.4) is 0 Å². The number of aliphatic hydroxyl groups excluding tert-OH is 2. The molecule has 0 unspecified atom stereocenters. The number of piperidine rings is 1. The first-order valence-corrected chi connectivity index (χ1v) is 13.3. The van der Waals surface area contributed by atoms with Crippen LogP contribution in [0.25, 0.3) is 5.76 Å². The first-order chi connectivity index (χ1) is 18.3. The van der Waals surface area contributed by atoms with Crippen LogP contribution in [0.2, 0.25) is 0 Å². The summed E-state index contributed by atoms with van der Waals surface area (Å²) in [5.41, 5.74) is 3.90. The fourth-order valence-electron chi connectivity index (χ4n) is 7.05. The molecule has 1 heterocycles. The molecule has 0 spiro atoms. The van der Waals surface area contributed by atoms with Gasteiger partial charge in [-0.2, -0.15) is 0 Å². The Balaban J connectivity index is 1.74. The van der Waals surface area contributed by atoms with E-state index in [1.807, 2.05) is 25.1 Å². The Hall–Kier alpha value is -3.57. The summed E-state index contributed by atoms with van der Waals surface area (Å²) in [6.45, 7) is 1.49. The highest BCUT2D eigenvalue weighted by Crippen LogP contribution is 2.55. The largest absolute Gasteiger partial charge is 0.508 e. The molecule has 2 fully saturated rings. The maximum absolute atomic E-state index is 14.1. The van der Waals surface area contributed by atoms with Crippen LogP contribution in [0.15, 0.2) is 23.0 Å². The molecule has 4 aliphatic rings. The number of hydrogen-bond donors (Lipinski definition) is 5. The number of fused-ring (bicyclic) bond motifs is 3. The number of Topliss-reactive ketones (excluding diaryl/α,β-unsaturated/α-hetero) is 2. The number of primary amides is 1. The lowest BCUT2D eigenvalue weighted by Gasteiger charge is -2.50. The van der Waals surface area contributed by atoms with Crippen LogP contribution in [-0.4, -0.2) is 95.7 Å². The Morgan fingerprint density at radius 2 is 1.72 bits per heavy atom. The number of anilines is 2. The number of phenols is 1. The summed E-state index contributed by atoms with van der Waals surface area (Å²) in [7, 11) is 6.89. The van der Waals surface area contributed by atoms with Gasteiger partial charge in [0.25, 0.3) is 5.91 Å².